The van der Waals surface area contributed by atoms with Gasteiger partial charge in [0.1, 0.15) is 0 Å². The van der Waals surface area contributed by atoms with Gasteiger partial charge in [-0.3, -0.25) is 4.79 Å². The molecule has 124 valence electrons. The smallest absolute Gasteiger partial charge is 0.279 e. The number of aryl methyl sites for hydroxylation is 1. The molecule has 0 spiro atoms. The quantitative estimate of drug-likeness (QED) is 0.872. The van der Waals surface area contributed by atoms with Crippen LogP contribution in [0, 0.1) is 0 Å². The lowest BCUT2D eigenvalue weighted by Crippen LogP contribution is -3.13. The number of quaternary nitrogens is 1. The lowest BCUT2D eigenvalue weighted by molar-refractivity contribution is -0.886. The van der Waals surface area contributed by atoms with Crippen LogP contribution in [-0.4, -0.2) is 25.5 Å². The topological polar surface area (TPSA) is 33.5 Å². The minimum atomic E-state index is 0.0995. The van der Waals surface area contributed by atoms with E-state index in [1.807, 2.05) is 24.3 Å². The molecule has 2 aromatic rings. The van der Waals surface area contributed by atoms with Gasteiger partial charge >= 0.3 is 0 Å². The van der Waals surface area contributed by atoms with Crippen molar-refractivity contribution in [1.82, 2.24) is 0 Å². The Hall–Kier alpha value is -2.39. The number of benzene rings is 2. The molecule has 1 heterocycles. The second kappa shape index (κ2) is 7.93. The molecular weight excluding hydrogens is 296 g/mol. The Morgan fingerprint density at radius 3 is 2.54 bits per heavy atom. The van der Waals surface area contributed by atoms with Crippen LogP contribution >= 0.6 is 0 Å². The van der Waals surface area contributed by atoms with E-state index in [0.29, 0.717) is 6.54 Å². The van der Waals surface area contributed by atoms with Crippen LogP contribution in [0.15, 0.2) is 60.7 Å². The van der Waals surface area contributed by atoms with Gasteiger partial charge in [0.05, 0.1) is 13.1 Å². The second-order valence-electron chi connectivity index (χ2n) is 6.29. The third-order valence-corrected chi connectivity index (χ3v) is 4.61. The highest BCUT2D eigenvalue weighted by Gasteiger charge is 2.19. The van der Waals surface area contributed by atoms with E-state index >= 15 is 0 Å². The van der Waals surface area contributed by atoms with Gasteiger partial charge in [0, 0.05) is 12.1 Å². The average Bonchev–Trinajstić information content (AvgIpc) is 2.63. The van der Waals surface area contributed by atoms with E-state index in [1.54, 1.807) is 0 Å². The molecule has 1 atom stereocenters. The molecule has 0 radical (unpaired) electrons. The molecule has 0 fully saturated rings. The summed E-state index contributed by atoms with van der Waals surface area (Å²) in [5.41, 5.74) is 4.83. The summed E-state index contributed by atoms with van der Waals surface area (Å²) in [7, 11) is 0. The van der Waals surface area contributed by atoms with Crippen molar-refractivity contribution >= 4 is 17.2 Å². The fourth-order valence-electron chi connectivity index (χ4n) is 3.23. The van der Waals surface area contributed by atoms with Crippen LogP contribution in [0.1, 0.15) is 24.5 Å². The van der Waals surface area contributed by atoms with Crippen molar-refractivity contribution in [2.45, 2.75) is 19.8 Å². The van der Waals surface area contributed by atoms with Crippen LogP contribution in [0.4, 0.5) is 5.69 Å². The van der Waals surface area contributed by atoms with Crippen molar-refractivity contribution < 1.29 is 9.69 Å². The minimum absolute atomic E-state index is 0.0995. The maximum atomic E-state index is 12.3. The molecule has 0 saturated heterocycles. The van der Waals surface area contributed by atoms with Gasteiger partial charge in [-0.05, 0) is 35.3 Å². The maximum Gasteiger partial charge on any atom is 0.279 e. The molecule has 1 unspecified atom stereocenters. The largest absolute Gasteiger partial charge is 0.324 e. The Balaban J connectivity index is 1.56. The first-order valence-corrected chi connectivity index (χ1v) is 8.72. The van der Waals surface area contributed by atoms with Gasteiger partial charge in [0.15, 0.2) is 6.54 Å². The van der Waals surface area contributed by atoms with Crippen molar-refractivity contribution in [2.24, 2.45) is 0 Å². The van der Waals surface area contributed by atoms with Crippen LogP contribution in [0.5, 0.6) is 0 Å². The van der Waals surface area contributed by atoms with Crippen LogP contribution < -0.4 is 10.2 Å². The van der Waals surface area contributed by atoms with Crippen molar-refractivity contribution in [1.29, 1.82) is 0 Å². The van der Waals surface area contributed by atoms with Crippen LogP contribution in [0.25, 0.3) is 5.57 Å². The van der Waals surface area contributed by atoms with Gasteiger partial charge in [-0.1, -0.05) is 55.5 Å². The standard InChI is InChI=1S/C21H24N2O/c1-2-17-8-6-7-11-20(17)22-21(24)16-23-14-12-19(13-15-23)18-9-4-3-5-10-18/h3-12H,2,13-16H2,1H3,(H,22,24)/p+1. The Labute approximate surface area is 144 Å². The molecule has 3 nitrogen and oxygen atoms in total. The number of amides is 1. The number of para-hydroxylation sites is 1. The third-order valence-electron chi connectivity index (χ3n) is 4.61. The average molecular weight is 321 g/mol. The normalized spacial score (nSPS) is 17.2. The lowest BCUT2D eigenvalue weighted by Gasteiger charge is -2.23. The Morgan fingerprint density at radius 2 is 1.83 bits per heavy atom. The zero-order valence-corrected chi connectivity index (χ0v) is 14.2. The third kappa shape index (κ3) is 4.12. The van der Waals surface area contributed by atoms with Crippen LogP contribution in [-0.2, 0) is 11.2 Å². The van der Waals surface area contributed by atoms with Gasteiger partial charge in [0.25, 0.3) is 5.91 Å². The Kier molecular flexibility index (Phi) is 5.44. The second-order valence-corrected chi connectivity index (χ2v) is 6.29. The molecule has 2 N–H and O–H groups in total. The van der Waals surface area contributed by atoms with Crippen molar-refractivity contribution in [3.63, 3.8) is 0 Å². The van der Waals surface area contributed by atoms with E-state index in [-0.39, 0.29) is 5.91 Å². The summed E-state index contributed by atoms with van der Waals surface area (Å²) in [4.78, 5) is 13.7. The fraction of sp³-hybridized carbons (Fsp3) is 0.286. The molecule has 1 aliphatic heterocycles. The molecule has 0 aliphatic carbocycles. The van der Waals surface area contributed by atoms with E-state index in [0.717, 1.165) is 31.6 Å². The number of carbonyl (C=O) groups excluding carboxylic acids is 1. The highest BCUT2D eigenvalue weighted by molar-refractivity contribution is 5.92. The zero-order chi connectivity index (χ0) is 16.8. The molecule has 2 aromatic carbocycles. The first-order valence-electron chi connectivity index (χ1n) is 8.72. The summed E-state index contributed by atoms with van der Waals surface area (Å²) in [6, 6.07) is 18.5. The first-order chi connectivity index (χ1) is 11.8. The summed E-state index contributed by atoms with van der Waals surface area (Å²) in [5.74, 6) is 0.0995. The predicted molar refractivity (Wildman–Crippen MR) is 99.0 cm³/mol. The number of rotatable bonds is 5. The van der Waals surface area contributed by atoms with E-state index < -0.39 is 0 Å². The van der Waals surface area contributed by atoms with Crippen LogP contribution in [0.3, 0.4) is 0 Å². The van der Waals surface area contributed by atoms with Crippen LogP contribution in [0.2, 0.25) is 0 Å². The molecule has 24 heavy (non-hydrogen) atoms. The summed E-state index contributed by atoms with van der Waals surface area (Å²) < 4.78 is 0. The molecule has 0 bridgehead atoms. The number of hydrogen-bond donors (Lipinski definition) is 2. The number of carbonyl (C=O) groups is 1. The monoisotopic (exact) mass is 321 g/mol. The van der Waals surface area contributed by atoms with E-state index in [2.05, 4.69) is 48.6 Å². The molecule has 1 aliphatic rings. The minimum Gasteiger partial charge on any atom is -0.324 e. The Morgan fingerprint density at radius 1 is 1.08 bits per heavy atom. The maximum absolute atomic E-state index is 12.3. The lowest BCUT2D eigenvalue weighted by atomic mass is 10.00. The molecule has 3 rings (SSSR count). The van der Waals surface area contributed by atoms with E-state index in [1.165, 1.54) is 21.6 Å². The first kappa shape index (κ1) is 16.5. The highest BCUT2D eigenvalue weighted by Crippen LogP contribution is 2.18. The van der Waals surface area contributed by atoms with Gasteiger partial charge in [-0.25, -0.2) is 0 Å². The highest BCUT2D eigenvalue weighted by atomic mass is 16.2. The summed E-state index contributed by atoms with van der Waals surface area (Å²) >= 11 is 0. The molecule has 0 saturated carbocycles. The van der Waals surface area contributed by atoms with Crippen molar-refractivity contribution in [2.75, 3.05) is 25.0 Å². The van der Waals surface area contributed by atoms with Crippen molar-refractivity contribution in [3.05, 3.63) is 71.8 Å². The number of hydrogen-bond acceptors (Lipinski definition) is 1. The van der Waals surface area contributed by atoms with Gasteiger partial charge in [-0.2, -0.15) is 0 Å². The fourth-order valence-corrected chi connectivity index (χ4v) is 3.23. The van der Waals surface area contributed by atoms with E-state index in [9.17, 15) is 4.79 Å². The molecule has 1 amide bonds. The molecular formula is C21H25N2O+. The summed E-state index contributed by atoms with van der Waals surface area (Å²) in [5, 5.41) is 3.07. The molecule has 3 heteroatoms. The SMILES string of the molecule is CCc1ccccc1NC(=O)C[NH+]1CC=C(c2ccccc2)CC1. The van der Waals surface area contributed by atoms with Crippen molar-refractivity contribution in [3.8, 4) is 0 Å². The van der Waals surface area contributed by atoms with Gasteiger partial charge in [0.2, 0.25) is 0 Å². The van der Waals surface area contributed by atoms with Gasteiger partial charge in [-0.15, -0.1) is 0 Å². The number of nitrogens with one attached hydrogen (secondary N) is 2. The molecule has 0 aromatic heterocycles. The zero-order valence-electron chi connectivity index (χ0n) is 14.2. The predicted octanol–water partition coefficient (Wildman–Crippen LogP) is 2.56. The van der Waals surface area contributed by atoms with E-state index in [4.69, 9.17) is 0 Å². The van der Waals surface area contributed by atoms with Gasteiger partial charge < -0.3 is 10.2 Å². The summed E-state index contributed by atoms with van der Waals surface area (Å²) in [6.07, 6.45) is 4.23. The Bertz CT molecular complexity index is 722. The number of anilines is 1. The summed E-state index contributed by atoms with van der Waals surface area (Å²) in [6.45, 7) is 4.55.